The monoisotopic (exact) mass is 407 g/mol. The molecule has 0 atom stereocenters. The van der Waals surface area contributed by atoms with E-state index in [1.165, 1.54) is 11.3 Å². The van der Waals surface area contributed by atoms with Crippen molar-refractivity contribution in [2.24, 2.45) is 5.41 Å². The molecule has 0 spiro atoms. The Labute approximate surface area is 172 Å². The Morgan fingerprint density at radius 1 is 1.03 bits per heavy atom. The summed E-state index contributed by atoms with van der Waals surface area (Å²) in [7, 11) is 0. The Hall–Kier alpha value is -3.03. The zero-order valence-electron chi connectivity index (χ0n) is 15.7. The topological polar surface area (TPSA) is 91.3 Å². The summed E-state index contributed by atoms with van der Waals surface area (Å²) in [4.78, 5) is 29.7. The van der Waals surface area contributed by atoms with Crippen LogP contribution in [0.5, 0.6) is 0 Å². The van der Waals surface area contributed by atoms with Crippen LogP contribution in [0.15, 0.2) is 60.0 Å². The van der Waals surface area contributed by atoms with E-state index in [0.29, 0.717) is 19.4 Å². The molecule has 0 aliphatic heterocycles. The average Bonchev–Trinajstić information content (AvgIpc) is 3.37. The predicted molar refractivity (Wildman–Crippen MR) is 110 cm³/mol. The third-order valence-corrected chi connectivity index (χ3v) is 6.15. The second-order valence-corrected chi connectivity index (χ2v) is 8.23. The average molecular weight is 407 g/mol. The van der Waals surface area contributed by atoms with Crippen molar-refractivity contribution in [3.63, 3.8) is 0 Å². The fraction of sp³-hybridized carbons (Fsp3) is 0.227. The summed E-state index contributed by atoms with van der Waals surface area (Å²) in [5, 5.41) is 14.7. The Kier molecular flexibility index (Phi) is 5.42. The molecule has 0 saturated carbocycles. The normalized spacial score (nSPS) is 14.2. The number of benzene rings is 2. The van der Waals surface area contributed by atoms with Crippen LogP contribution in [0.1, 0.15) is 22.6 Å². The first-order chi connectivity index (χ1) is 14.1. The zero-order valence-corrected chi connectivity index (χ0v) is 16.5. The molecule has 148 valence electrons. The van der Waals surface area contributed by atoms with Crippen molar-refractivity contribution in [2.75, 3.05) is 0 Å². The smallest absolute Gasteiger partial charge is 0.244 e. The van der Waals surface area contributed by atoms with Crippen molar-refractivity contribution in [2.45, 2.75) is 25.8 Å². The van der Waals surface area contributed by atoms with E-state index in [9.17, 15) is 9.59 Å². The van der Waals surface area contributed by atoms with Crippen molar-refractivity contribution in [1.29, 1.82) is 0 Å². The molecule has 1 aliphatic carbocycles. The van der Waals surface area contributed by atoms with E-state index in [4.69, 9.17) is 5.21 Å². The molecule has 0 saturated heterocycles. The Morgan fingerprint density at radius 3 is 2.34 bits per heavy atom. The molecule has 3 N–H and O–H groups in total. The fourth-order valence-corrected chi connectivity index (χ4v) is 4.63. The van der Waals surface area contributed by atoms with Gasteiger partial charge in [0, 0.05) is 17.4 Å². The van der Waals surface area contributed by atoms with Gasteiger partial charge in [-0.15, -0.1) is 11.3 Å². The van der Waals surface area contributed by atoms with Crippen molar-refractivity contribution in [3.8, 4) is 11.3 Å². The van der Waals surface area contributed by atoms with Gasteiger partial charge in [-0.3, -0.25) is 14.8 Å². The molecular formula is C22H21N3O3S. The number of aromatic nitrogens is 1. The van der Waals surface area contributed by atoms with Gasteiger partial charge < -0.3 is 5.32 Å². The highest BCUT2D eigenvalue weighted by Gasteiger charge is 2.45. The van der Waals surface area contributed by atoms with Crippen molar-refractivity contribution in [3.05, 3.63) is 76.1 Å². The van der Waals surface area contributed by atoms with E-state index in [-0.39, 0.29) is 12.3 Å². The van der Waals surface area contributed by atoms with Gasteiger partial charge in [0.15, 0.2) is 0 Å². The van der Waals surface area contributed by atoms with Crippen LogP contribution in [0.3, 0.4) is 0 Å². The summed E-state index contributed by atoms with van der Waals surface area (Å²) in [5.74, 6) is -0.762. The molecule has 0 radical (unpaired) electrons. The first-order valence-corrected chi connectivity index (χ1v) is 10.3. The summed E-state index contributed by atoms with van der Waals surface area (Å²) >= 11 is 1.49. The Morgan fingerprint density at radius 2 is 1.69 bits per heavy atom. The number of rotatable bonds is 6. The number of nitrogens with one attached hydrogen (secondary N) is 2. The maximum atomic E-state index is 13.1. The first-order valence-electron chi connectivity index (χ1n) is 9.37. The van der Waals surface area contributed by atoms with Gasteiger partial charge in [0.05, 0.1) is 17.7 Å². The number of hydroxylamine groups is 1. The van der Waals surface area contributed by atoms with Crippen LogP contribution in [0, 0.1) is 5.41 Å². The lowest BCUT2D eigenvalue weighted by atomic mass is 9.80. The van der Waals surface area contributed by atoms with Crippen LogP contribution in [0.25, 0.3) is 11.3 Å². The second-order valence-electron chi connectivity index (χ2n) is 7.29. The maximum Gasteiger partial charge on any atom is 0.244 e. The van der Waals surface area contributed by atoms with E-state index in [1.54, 1.807) is 5.48 Å². The minimum Gasteiger partial charge on any atom is -0.349 e. The fourth-order valence-electron chi connectivity index (χ4n) is 3.88. The third kappa shape index (κ3) is 4.06. The highest BCUT2D eigenvalue weighted by molar-refractivity contribution is 7.09. The molecule has 1 aliphatic rings. The maximum absolute atomic E-state index is 13.1. The molecule has 6 nitrogen and oxygen atoms in total. The van der Waals surface area contributed by atoms with Gasteiger partial charge in [-0.1, -0.05) is 54.6 Å². The summed E-state index contributed by atoms with van der Waals surface area (Å²) in [6.07, 6.45) is 0.863. The predicted octanol–water partition coefficient (Wildman–Crippen LogP) is 3.11. The molecule has 0 fully saturated rings. The van der Waals surface area contributed by atoms with E-state index >= 15 is 0 Å². The molecular weight excluding hydrogens is 386 g/mol. The van der Waals surface area contributed by atoms with E-state index < -0.39 is 11.3 Å². The number of fused-ring (bicyclic) bond motifs is 1. The SMILES string of the molecule is O=C(CC1(C(=O)NCc2nc(-c3ccccc3)cs2)Cc2ccccc2C1)NO. The molecule has 2 aromatic carbocycles. The number of nitrogens with zero attached hydrogens (tertiary/aromatic N) is 1. The van der Waals surface area contributed by atoms with Crippen LogP contribution >= 0.6 is 11.3 Å². The summed E-state index contributed by atoms with van der Waals surface area (Å²) < 4.78 is 0. The minimum absolute atomic E-state index is 0.0723. The summed E-state index contributed by atoms with van der Waals surface area (Å²) in [5.41, 5.74) is 4.79. The largest absolute Gasteiger partial charge is 0.349 e. The van der Waals surface area contributed by atoms with Crippen LogP contribution in [-0.2, 0) is 29.0 Å². The van der Waals surface area contributed by atoms with Gasteiger partial charge in [-0.05, 0) is 24.0 Å². The number of hydrogen-bond donors (Lipinski definition) is 3. The molecule has 1 aromatic heterocycles. The van der Waals surface area contributed by atoms with Crippen LogP contribution in [0.2, 0.25) is 0 Å². The number of carbonyl (C=O) groups is 2. The van der Waals surface area contributed by atoms with Gasteiger partial charge in [0.25, 0.3) is 0 Å². The molecule has 4 rings (SSSR count). The van der Waals surface area contributed by atoms with Crippen molar-refractivity contribution in [1.82, 2.24) is 15.8 Å². The van der Waals surface area contributed by atoms with E-state index in [2.05, 4.69) is 10.3 Å². The lowest BCUT2D eigenvalue weighted by molar-refractivity contribution is -0.139. The quantitative estimate of drug-likeness (QED) is 0.433. The molecule has 29 heavy (non-hydrogen) atoms. The van der Waals surface area contributed by atoms with Crippen LogP contribution < -0.4 is 10.8 Å². The summed E-state index contributed by atoms with van der Waals surface area (Å²) in [6.45, 7) is 0.301. The highest BCUT2D eigenvalue weighted by Crippen LogP contribution is 2.40. The minimum atomic E-state index is -0.907. The van der Waals surface area contributed by atoms with E-state index in [0.717, 1.165) is 27.4 Å². The lowest BCUT2D eigenvalue weighted by Crippen LogP contribution is -2.44. The molecule has 2 amide bonds. The standard InChI is InChI=1S/C22H21N3O3S/c26-19(25-28)12-22(10-16-8-4-5-9-17(16)11-22)21(27)23-13-20-24-18(14-29-20)15-6-2-1-3-7-15/h1-9,14,28H,10-13H2,(H,23,27)(H,25,26). The Bertz CT molecular complexity index is 1010. The lowest BCUT2D eigenvalue weighted by Gasteiger charge is -2.26. The molecule has 0 unspecified atom stereocenters. The number of carbonyl (C=O) groups excluding carboxylic acids is 2. The van der Waals surface area contributed by atoms with Gasteiger partial charge in [0.1, 0.15) is 5.01 Å². The van der Waals surface area contributed by atoms with Gasteiger partial charge in [0.2, 0.25) is 11.8 Å². The van der Waals surface area contributed by atoms with E-state index in [1.807, 2.05) is 60.0 Å². The number of hydrogen-bond acceptors (Lipinski definition) is 5. The van der Waals surface area contributed by atoms with Crippen molar-refractivity contribution >= 4 is 23.2 Å². The number of thiazole rings is 1. The molecule has 3 aromatic rings. The number of amides is 2. The molecule has 1 heterocycles. The Balaban J connectivity index is 1.48. The van der Waals surface area contributed by atoms with Gasteiger partial charge in [-0.25, -0.2) is 10.5 Å². The zero-order chi connectivity index (χ0) is 20.3. The molecule has 0 bridgehead atoms. The van der Waals surface area contributed by atoms with Crippen molar-refractivity contribution < 1.29 is 14.8 Å². The first kappa shape index (κ1) is 19.3. The highest BCUT2D eigenvalue weighted by atomic mass is 32.1. The van der Waals surface area contributed by atoms with Crippen LogP contribution in [0.4, 0.5) is 0 Å². The van der Waals surface area contributed by atoms with Gasteiger partial charge >= 0.3 is 0 Å². The summed E-state index contributed by atoms with van der Waals surface area (Å²) in [6, 6.07) is 17.7. The van der Waals surface area contributed by atoms with Crippen LogP contribution in [-0.4, -0.2) is 22.0 Å². The third-order valence-electron chi connectivity index (χ3n) is 5.30. The van der Waals surface area contributed by atoms with Gasteiger partial charge in [-0.2, -0.15) is 0 Å². The second kappa shape index (κ2) is 8.14. The molecule has 7 heteroatoms.